The molecule has 26 heavy (non-hydrogen) atoms. The topological polar surface area (TPSA) is 90.1 Å². The van der Waals surface area contributed by atoms with Crippen LogP contribution in [-0.2, 0) is 0 Å². The summed E-state index contributed by atoms with van der Waals surface area (Å²) >= 11 is 3.21. The molecule has 0 aliphatic carbocycles. The van der Waals surface area contributed by atoms with Crippen molar-refractivity contribution in [3.8, 4) is 11.5 Å². The number of nitrogens with one attached hydrogen (secondary N) is 1. The van der Waals surface area contributed by atoms with Crippen LogP contribution in [0.5, 0.6) is 11.5 Å². The fourth-order valence-electron chi connectivity index (χ4n) is 2.11. The van der Waals surface area contributed by atoms with Gasteiger partial charge in [-0.1, -0.05) is 24.3 Å². The first-order valence-electron chi connectivity index (χ1n) is 7.69. The summed E-state index contributed by atoms with van der Waals surface area (Å²) in [4.78, 5) is 8.82. The predicted molar refractivity (Wildman–Crippen MR) is 105 cm³/mol. The summed E-state index contributed by atoms with van der Waals surface area (Å²) in [7, 11) is 0. The number of hydrogen-bond acceptors (Lipinski definition) is 5. The molecule has 1 aromatic heterocycles. The molecule has 2 aromatic carbocycles. The molecule has 0 bridgehead atoms. The van der Waals surface area contributed by atoms with Gasteiger partial charge < -0.3 is 10.2 Å². The van der Waals surface area contributed by atoms with Gasteiger partial charge in [0.05, 0.1) is 16.4 Å². The predicted octanol–water partition coefficient (Wildman–Crippen LogP) is 3.96. The number of aromatic nitrogens is 1. The van der Waals surface area contributed by atoms with Gasteiger partial charge in [-0.25, -0.2) is 4.99 Å². The SMILES string of the molecule is Oc1cc(O)c(C=NNC(=Nc2ccccc2)c2ccccn2)cc1Br. The summed E-state index contributed by atoms with van der Waals surface area (Å²) < 4.78 is 0.458. The number of aromatic hydroxyl groups is 2. The molecule has 7 heteroatoms. The first-order chi connectivity index (χ1) is 12.6. The van der Waals surface area contributed by atoms with Gasteiger partial charge >= 0.3 is 0 Å². The number of hydrogen-bond donors (Lipinski definition) is 3. The number of rotatable bonds is 4. The molecule has 0 aliphatic heterocycles. The molecule has 3 rings (SSSR count). The molecule has 3 aromatic rings. The normalized spacial score (nSPS) is 11.7. The standard InChI is InChI=1S/C19H15BrN4O2/c20-15-10-13(17(25)11-18(15)26)12-22-24-19(16-8-4-5-9-21-16)23-14-6-2-1-3-7-14/h1-12,25-26H,(H,23,24). The van der Waals surface area contributed by atoms with E-state index in [-0.39, 0.29) is 11.5 Å². The van der Waals surface area contributed by atoms with Crippen LogP contribution < -0.4 is 5.43 Å². The lowest BCUT2D eigenvalue weighted by Crippen LogP contribution is -2.20. The Kier molecular flexibility index (Phi) is 5.60. The third kappa shape index (κ3) is 4.46. The van der Waals surface area contributed by atoms with Crippen LogP contribution in [-0.4, -0.2) is 27.2 Å². The third-order valence-electron chi connectivity index (χ3n) is 3.37. The van der Waals surface area contributed by atoms with E-state index in [0.717, 1.165) is 5.69 Å². The Labute approximate surface area is 158 Å². The summed E-state index contributed by atoms with van der Waals surface area (Å²) in [5.74, 6) is 0.327. The van der Waals surface area contributed by atoms with E-state index in [1.807, 2.05) is 48.5 Å². The lowest BCUT2D eigenvalue weighted by Gasteiger charge is -2.06. The number of nitrogens with zero attached hydrogens (tertiary/aromatic N) is 3. The van der Waals surface area contributed by atoms with Crippen molar-refractivity contribution < 1.29 is 10.2 Å². The summed E-state index contributed by atoms with van der Waals surface area (Å²) in [5.41, 5.74) is 4.68. The van der Waals surface area contributed by atoms with Gasteiger partial charge in [0.1, 0.15) is 17.2 Å². The summed E-state index contributed by atoms with van der Waals surface area (Å²) in [6, 6.07) is 17.7. The number of para-hydroxylation sites is 1. The van der Waals surface area contributed by atoms with Gasteiger partial charge in [-0.2, -0.15) is 5.10 Å². The van der Waals surface area contributed by atoms with Crippen molar-refractivity contribution in [3.05, 3.63) is 82.6 Å². The molecule has 0 aliphatic rings. The molecular formula is C19H15BrN4O2. The van der Waals surface area contributed by atoms with Crippen LogP contribution in [0.25, 0.3) is 0 Å². The first-order valence-corrected chi connectivity index (χ1v) is 8.48. The van der Waals surface area contributed by atoms with Crippen LogP contribution in [0, 0.1) is 0 Å². The van der Waals surface area contributed by atoms with E-state index in [0.29, 0.717) is 21.6 Å². The highest BCUT2D eigenvalue weighted by molar-refractivity contribution is 9.10. The third-order valence-corrected chi connectivity index (χ3v) is 4.01. The second-order valence-corrected chi connectivity index (χ2v) is 6.10. The van der Waals surface area contributed by atoms with Gasteiger partial charge in [0.25, 0.3) is 0 Å². The summed E-state index contributed by atoms with van der Waals surface area (Å²) in [6.07, 6.45) is 3.10. The zero-order chi connectivity index (χ0) is 18.4. The number of amidine groups is 1. The Morgan fingerprint density at radius 1 is 1.00 bits per heavy atom. The average Bonchev–Trinajstić information content (AvgIpc) is 2.66. The number of pyridine rings is 1. The van der Waals surface area contributed by atoms with Crippen LogP contribution >= 0.6 is 15.9 Å². The van der Waals surface area contributed by atoms with Crippen LogP contribution in [0.4, 0.5) is 5.69 Å². The van der Waals surface area contributed by atoms with Crippen molar-refractivity contribution in [3.63, 3.8) is 0 Å². The van der Waals surface area contributed by atoms with Crippen molar-refractivity contribution in [2.24, 2.45) is 10.1 Å². The van der Waals surface area contributed by atoms with E-state index in [1.165, 1.54) is 12.3 Å². The molecule has 0 amide bonds. The number of aliphatic imine (C=N–C) groups is 1. The number of phenols is 2. The highest BCUT2D eigenvalue weighted by Crippen LogP contribution is 2.30. The van der Waals surface area contributed by atoms with Gasteiger partial charge in [0.2, 0.25) is 0 Å². The molecule has 0 fully saturated rings. The molecule has 0 saturated carbocycles. The quantitative estimate of drug-likeness (QED) is 0.345. The maximum absolute atomic E-state index is 9.89. The molecule has 130 valence electrons. The smallest absolute Gasteiger partial charge is 0.172 e. The lowest BCUT2D eigenvalue weighted by atomic mass is 10.2. The zero-order valence-corrected chi connectivity index (χ0v) is 15.1. The van der Waals surface area contributed by atoms with Crippen molar-refractivity contribution >= 4 is 33.7 Å². The van der Waals surface area contributed by atoms with Crippen LogP contribution in [0.2, 0.25) is 0 Å². The molecule has 6 nitrogen and oxygen atoms in total. The second-order valence-electron chi connectivity index (χ2n) is 5.24. The summed E-state index contributed by atoms with van der Waals surface area (Å²) in [5, 5.41) is 23.6. The average molecular weight is 411 g/mol. The maximum atomic E-state index is 9.89. The Morgan fingerprint density at radius 3 is 2.50 bits per heavy atom. The molecule has 0 radical (unpaired) electrons. The Bertz CT molecular complexity index is 945. The Hall–Kier alpha value is -3.19. The van der Waals surface area contributed by atoms with Crippen molar-refractivity contribution in [1.82, 2.24) is 10.4 Å². The minimum Gasteiger partial charge on any atom is -0.507 e. The summed E-state index contributed by atoms with van der Waals surface area (Å²) in [6.45, 7) is 0. The largest absolute Gasteiger partial charge is 0.507 e. The van der Waals surface area contributed by atoms with E-state index < -0.39 is 0 Å². The maximum Gasteiger partial charge on any atom is 0.172 e. The molecule has 0 saturated heterocycles. The molecule has 0 spiro atoms. The molecular weight excluding hydrogens is 396 g/mol. The van der Waals surface area contributed by atoms with E-state index in [1.54, 1.807) is 12.3 Å². The van der Waals surface area contributed by atoms with Gasteiger partial charge in [-0.15, -0.1) is 0 Å². The zero-order valence-electron chi connectivity index (χ0n) is 13.5. The van der Waals surface area contributed by atoms with Crippen molar-refractivity contribution in [2.75, 3.05) is 0 Å². The minimum absolute atomic E-state index is 0.0487. The molecule has 1 heterocycles. The van der Waals surface area contributed by atoms with E-state index >= 15 is 0 Å². The van der Waals surface area contributed by atoms with Crippen molar-refractivity contribution in [2.45, 2.75) is 0 Å². The Balaban J connectivity index is 1.87. The highest BCUT2D eigenvalue weighted by Gasteiger charge is 2.06. The number of hydrazone groups is 1. The van der Waals surface area contributed by atoms with Gasteiger partial charge in [0.15, 0.2) is 5.84 Å². The minimum atomic E-state index is -0.0874. The van der Waals surface area contributed by atoms with Crippen LogP contribution in [0.1, 0.15) is 11.3 Å². The highest BCUT2D eigenvalue weighted by atomic mass is 79.9. The van der Waals surface area contributed by atoms with E-state index in [4.69, 9.17) is 0 Å². The van der Waals surface area contributed by atoms with Gasteiger partial charge in [-0.3, -0.25) is 10.4 Å². The van der Waals surface area contributed by atoms with Crippen LogP contribution in [0.15, 0.2) is 81.4 Å². The van der Waals surface area contributed by atoms with Crippen molar-refractivity contribution in [1.29, 1.82) is 0 Å². The molecule has 0 unspecified atom stereocenters. The monoisotopic (exact) mass is 410 g/mol. The van der Waals surface area contributed by atoms with Gasteiger partial charge in [-0.05, 0) is 46.3 Å². The van der Waals surface area contributed by atoms with E-state index in [2.05, 4.69) is 36.4 Å². The molecule has 3 N–H and O–H groups in total. The van der Waals surface area contributed by atoms with Gasteiger partial charge in [0, 0.05) is 17.8 Å². The fourth-order valence-corrected chi connectivity index (χ4v) is 2.47. The Morgan fingerprint density at radius 2 is 1.77 bits per heavy atom. The first kappa shape index (κ1) is 17.6. The number of halogens is 1. The fraction of sp³-hybridized carbons (Fsp3) is 0. The number of benzene rings is 2. The van der Waals surface area contributed by atoms with Crippen LogP contribution in [0.3, 0.4) is 0 Å². The van der Waals surface area contributed by atoms with E-state index in [9.17, 15) is 10.2 Å². The molecule has 0 atom stereocenters. The second kappa shape index (κ2) is 8.26. The number of phenolic OH excluding ortho intramolecular Hbond substituents is 2. The lowest BCUT2D eigenvalue weighted by molar-refractivity contribution is 0.448.